The fourth-order valence-corrected chi connectivity index (χ4v) is 2.06. The molecule has 62 valence electrons. The number of nitrogens with two attached hydrogens (primary N) is 1. The van der Waals surface area contributed by atoms with Crippen molar-refractivity contribution in [1.29, 1.82) is 0 Å². The van der Waals surface area contributed by atoms with Gasteiger partial charge in [0.2, 0.25) is 0 Å². The molecular formula is C7H13N3O. The van der Waals surface area contributed by atoms with Crippen LogP contribution in [0.25, 0.3) is 0 Å². The first-order chi connectivity index (χ1) is 5.25. The van der Waals surface area contributed by atoms with Gasteiger partial charge in [-0.05, 0) is 19.4 Å². The summed E-state index contributed by atoms with van der Waals surface area (Å²) in [6, 6.07) is -0.264. The van der Waals surface area contributed by atoms with Gasteiger partial charge in [0.15, 0.2) is 0 Å². The predicted octanol–water partition coefficient (Wildman–Crippen LogP) is -0.497. The van der Waals surface area contributed by atoms with Crippen LogP contribution in [0.2, 0.25) is 0 Å². The van der Waals surface area contributed by atoms with Crippen molar-refractivity contribution in [3.63, 3.8) is 0 Å². The Bertz CT molecular complexity index is 186. The highest BCUT2D eigenvalue weighted by Crippen LogP contribution is 2.35. The number of hydrogen-bond donors (Lipinski definition) is 2. The highest BCUT2D eigenvalue weighted by atomic mass is 16.2. The Labute approximate surface area is 65.7 Å². The van der Waals surface area contributed by atoms with Crippen LogP contribution in [0.1, 0.15) is 12.8 Å². The molecule has 0 radical (unpaired) electrons. The second-order valence-electron chi connectivity index (χ2n) is 3.39. The number of hydrogen-bond acceptors (Lipinski definition) is 2. The van der Waals surface area contributed by atoms with Crippen LogP contribution in [0.3, 0.4) is 0 Å². The van der Waals surface area contributed by atoms with Crippen molar-refractivity contribution in [3.8, 4) is 0 Å². The molecule has 1 spiro atoms. The molecule has 2 fully saturated rings. The zero-order valence-corrected chi connectivity index (χ0v) is 6.47. The van der Waals surface area contributed by atoms with Gasteiger partial charge in [0.1, 0.15) is 0 Å². The normalized spacial score (nSPS) is 35.8. The second kappa shape index (κ2) is 2.11. The lowest BCUT2D eigenvalue weighted by atomic mass is 9.84. The molecule has 0 aromatic carbocycles. The van der Waals surface area contributed by atoms with Gasteiger partial charge in [-0.25, -0.2) is 4.79 Å². The number of carbonyl (C=O) groups excluding carboxylic acids is 1. The zero-order valence-electron chi connectivity index (χ0n) is 6.47. The molecule has 2 aliphatic rings. The van der Waals surface area contributed by atoms with Crippen molar-refractivity contribution >= 4 is 6.03 Å². The van der Waals surface area contributed by atoms with Gasteiger partial charge in [0.05, 0.1) is 5.54 Å². The van der Waals surface area contributed by atoms with Crippen molar-refractivity contribution < 1.29 is 4.79 Å². The summed E-state index contributed by atoms with van der Waals surface area (Å²) in [6.45, 7) is 2.79. The lowest BCUT2D eigenvalue weighted by Gasteiger charge is -2.49. The summed E-state index contributed by atoms with van der Waals surface area (Å²) in [4.78, 5) is 12.6. The molecule has 3 N–H and O–H groups in total. The van der Waals surface area contributed by atoms with E-state index < -0.39 is 0 Å². The number of nitrogens with one attached hydrogen (secondary N) is 1. The van der Waals surface area contributed by atoms with E-state index in [1.807, 2.05) is 0 Å². The number of nitrogens with zero attached hydrogens (tertiary/aromatic N) is 1. The Morgan fingerprint density at radius 3 is 2.73 bits per heavy atom. The van der Waals surface area contributed by atoms with Crippen LogP contribution in [-0.2, 0) is 0 Å². The van der Waals surface area contributed by atoms with Crippen molar-refractivity contribution in [2.45, 2.75) is 18.4 Å². The fraction of sp³-hybridized carbons (Fsp3) is 0.857. The van der Waals surface area contributed by atoms with Crippen molar-refractivity contribution in [2.75, 3.05) is 19.6 Å². The van der Waals surface area contributed by atoms with E-state index in [2.05, 4.69) is 5.32 Å². The van der Waals surface area contributed by atoms with Crippen LogP contribution in [0.5, 0.6) is 0 Å². The minimum Gasteiger partial charge on any atom is -0.351 e. The van der Waals surface area contributed by atoms with Crippen LogP contribution in [0.15, 0.2) is 0 Å². The molecule has 2 amide bonds. The molecule has 2 heterocycles. The van der Waals surface area contributed by atoms with Gasteiger partial charge in [0, 0.05) is 13.1 Å². The molecular weight excluding hydrogens is 142 g/mol. The van der Waals surface area contributed by atoms with Crippen LogP contribution >= 0.6 is 0 Å². The Kier molecular flexibility index (Phi) is 1.32. The van der Waals surface area contributed by atoms with Gasteiger partial charge < -0.3 is 16.0 Å². The molecule has 11 heavy (non-hydrogen) atoms. The maximum atomic E-state index is 10.9. The monoisotopic (exact) mass is 155 g/mol. The Hall–Kier alpha value is -0.770. The zero-order chi connectivity index (χ0) is 7.90. The summed E-state index contributed by atoms with van der Waals surface area (Å²) in [5, 5.41) is 3.25. The average molecular weight is 155 g/mol. The van der Waals surface area contributed by atoms with Crippen LogP contribution in [-0.4, -0.2) is 36.1 Å². The lowest BCUT2D eigenvalue weighted by molar-refractivity contribution is 0.0442. The van der Waals surface area contributed by atoms with Gasteiger partial charge in [-0.15, -0.1) is 0 Å². The molecule has 2 aliphatic heterocycles. The average Bonchev–Trinajstić information content (AvgIpc) is 2.31. The second-order valence-corrected chi connectivity index (χ2v) is 3.39. The van der Waals surface area contributed by atoms with Crippen LogP contribution < -0.4 is 11.1 Å². The number of primary amides is 1. The van der Waals surface area contributed by atoms with E-state index in [1.165, 1.54) is 0 Å². The third-order valence-corrected chi connectivity index (χ3v) is 2.86. The Morgan fingerprint density at radius 1 is 1.55 bits per heavy atom. The first-order valence-corrected chi connectivity index (χ1v) is 4.02. The molecule has 2 rings (SSSR count). The number of rotatable bonds is 0. The first-order valence-electron chi connectivity index (χ1n) is 4.02. The lowest BCUT2D eigenvalue weighted by Crippen LogP contribution is -2.64. The molecule has 4 heteroatoms. The smallest absolute Gasteiger partial charge is 0.315 e. The molecule has 0 aliphatic carbocycles. The molecule has 1 atom stereocenters. The largest absolute Gasteiger partial charge is 0.351 e. The highest BCUT2D eigenvalue weighted by Gasteiger charge is 2.48. The summed E-state index contributed by atoms with van der Waals surface area (Å²) < 4.78 is 0. The first kappa shape index (κ1) is 6.91. The topological polar surface area (TPSA) is 58.4 Å². The number of amides is 2. The third-order valence-electron chi connectivity index (χ3n) is 2.86. The maximum absolute atomic E-state index is 10.9. The number of likely N-dealkylation sites (tertiary alicyclic amines) is 1. The summed E-state index contributed by atoms with van der Waals surface area (Å²) >= 11 is 0. The molecule has 0 saturated carbocycles. The molecule has 4 nitrogen and oxygen atoms in total. The van der Waals surface area contributed by atoms with Crippen molar-refractivity contribution in [2.24, 2.45) is 5.73 Å². The number of carbonyl (C=O) groups is 1. The van der Waals surface area contributed by atoms with Crippen molar-refractivity contribution in [1.82, 2.24) is 10.2 Å². The van der Waals surface area contributed by atoms with E-state index in [4.69, 9.17) is 5.73 Å². The van der Waals surface area contributed by atoms with Gasteiger partial charge in [0.25, 0.3) is 0 Å². The molecule has 0 bridgehead atoms. The minimum absolute atomic E-state index is 0.103. The minimum atomic E-state index is -0.264. The predicted molar refractivity (Wildman–Crippen MR) is 41.1 cm³/mol. The van der Waals surface area contributed by atoms with E-state index in [-0.39, 0.29) is 11.6 Å². The highest BCUT2D eigenvalue weighted by molar-refractivity contribution is 5.74. The summed E-state index contributed by atoms with van der Waals surface area (Å²) in [6.07, 6.45) is 2.18. The van der Waals surface area contributed by atoms with Crippen molar-refractivity contribution in [3.05, 3.63) is 0 Å². The van der Waals surface area contributed by atoms with E-state index in [0.29, 0.717) is 0 Å². The van der Waals surface area contributed by atoms with E-state index in [0.717, 1.165) is 32.5 Å². The van der Waals surface area contributed by atoms with Gasteiger partial charge in [-0.2, -0.15) is 0 Å². The Morgan fingerprint density at radius 2 is 2.36 bits per heavy atom. The van der Waals surface area contributed by atoms with E-state index >= 15 is 0 Å². The molecule has 2 saturated heterocycles. The quantitative estimate of drug-likeness (QED) is 0.495. The van der Waals surface area contributed by atoms with E-state index in [9.17, 15) is 4.79 Å². The van der Waals surface area contributed by atoms with Crippen LogP contribution in [0, 0.1) is 0 Å². The Balaban J connectivity index is 2.09. The van der Waals surface area contributed by atoms with Gasteiger partial charge >= 0.3 is 6.03 Å². The fourth-order valence-electron chi connectivity index (χ4n) is 2.06. The SMILES string of the molecule is NC(=O)N1CCC12CCNC2. The third kappa shape index (κ3) is 0.822. The van der Waals surface area contributed by atoms with E-state index in [1.54, 1.807) is 4.90 Å². The summed E-state index contributed by atoms with van der Waals surface area (Å²) in [7, 11) is 0. The molecule has 1 unspecified atom stereocenters. The van der Waals surface area contributed by atoms with Gasteiger partial charge in [-0.1, -0.05) is 0 Å². The van der Waals surface area contributed by atoms with Gasteiger partial charge in [-0.3, -0.25) is 0 Å². The summed E-state index contributed by atoms with van der Waals surface area (Å²) in [5.74, 6) is 0. The maximum Gasteiger partial charge on any atom is 0.315 e. The number of urea groups is 1. The standard InChI is InChI=1S/C7H13N3O/c8-6(11)10-4-2-7(10)1-3-9-5-7/h9H,1-5H2,(H2,8,11). The summed E-state index contributed by atoms with van der Waals surface area (Å²) in [5.41, 5.74) is 5.31. The van der Waals surface area contributed by atoms with Crippen LogP contribution in [0.4, 0.5) is 4.79 Å². The molecule has 0 aromatic heterocycles. The molecule has 0 aromatic rings.